The zero-order valence-corrected chi connectivity index (χ0v) is 9.04. The molecule has 0 aromatic heterocycles. The molecular weight excluding hydrogens is 182 g/mol. The molecule has 1 unspecified atom stereocenters. The monoisotopic (exact) mass is 201 g/mol. The predicted molar refractivity (Wildman–Crippen MR) is 54.6 cm³/mol. The number of hydrogen-bond donors (Lipinski definition) is 2. The second kappa shape index (κ2) is 6.37. The van der Waals surface area contributed by atoms with E-state index in [0.29, 0.717) is 19.4 Å². The third-order valence-corrected chi connectivity index (χ3v) is 1.80. The van der Waals surface area contributed by atoms with E-state index in [0.717, 1.165) is 0 Å². The van der Waals surface area contributed by atoms with E-state index in [2.05, 4.69) is 5.32 Å². The Balaban J connectivity index is 3.87. The molecule has 0 saturated heterocycles. The van der Waals surface area contributed by atoms with Crippen LogP contribution < -0.4 is 11.1 Å². The molecular formula is C9H19N3O2. The Hall–Kier alpha value is -1.10. The average molecular weight is 201 g/mol. The van der Waals surface area contributed by atoms with Gasteiger partial charge in [-0.05, 0) is 19.9 Å². The second-order valence-corrected chi connectivity index (χ2v) is 3.41. The highest BCUT2D eigenvalue weighted by molar-refractivity contribution is 5.86. The molecule has 2 amide bonds. The summed E-state index contributed by atoms with van der Waals surface area (Å²) in [4.78, 5) is 24.0. The summed E-state index contributed by atoms with van der Waals surface area (Å²) in [5.41, 5.74) is 5.26. The summed E-state index contributed by atoms with van der Waals surface area (Å²) in [6.45, 7) is 2.16. The third kappa shape index (κ3) is 4.81. The van der Waals surface area contributed by atoms with Gasteiger partial charge in [0.25, 0.3) is 0 Å². The largest absolute Gasteiger partial charge is 0.347 e. The molecule has 82 valence electrons. The minimum absolute atomic E-state index is 0.105. The van der Waals surface area contributed by atoms with Gasteiger partial charge in [-0.2, -0.15) is 0 Å². The van der Waals surface area contributed by atoms with Gasteiger partial charge in [0.15, 0.2) is 0 Å². The van der Waals surface area contributed by atoms with Crippen molar-refractivity contribution in [3.8, 4) is 0 Å². The van der Waals surface area contributed by atoms with Crippen molar-refractivity contribution in [1.82, 2.24) is 10.2 Å². The molecule has 0 bridgehead atoms. The van der Waals surface area contributed by atoms with Crippen LogP contribution in [0.15, 0.2) is 0 Å². The van der Waals surface area contributed by atoms with Crippen LogP contribution in [0.5, 0.6) is 0 Å². The van der Waals surface area contributed by atoms with Gasteiger partial charge in [0.05, 0.1) is 0 Å². The first kappa shape index (κ1) is 12.9. The first-order valence-corrected chi connectivity index (χ1v) is 4.69. The molecule has 0 saturated carbocycles. The molecule has 0 aliphatic heterocycles. The van der Waals surface area contributed by atoms with Crippen LogP contribution in [0.2, 0.25) is 0 Å². The highest BCUT2D eigenvalue weighted by Gasteiger charge is 2.16. The van der Waals surface area contributed by atoms with Gasteiger partial charge in [0, 0.05) is 20.5 Å². The Morgan fingerprint density at radius 1 is 1.43 bits per heavy atom. The normalized spacial score (nSPS) is 12.0. The molecule has 3 N–H and O–H groups in total. The predicted octanol–water partition coefficient (Wildman–Crippen LogP) is -0.682. The topological polar surface area (TPSA) is 75.4 Å². The maximum Gasteiger partial charge on any atom is 0.244 e. The smallest absolute Gasteiger partial charge is 0.244 e. The summed E-state index contributed by atoms with van der Waals surface area (Å²) in [5.74, 6) is -0.232. The summed E-state index contributed by atoms with van der Waals surface area (Å²) < 4.78 is 0. The van der Waals surface area contributed by atoms with Crippen molar-refractivity contribution >= 4 is 11.8 Å². The summed E-state index contributed by atoms with van der Waals surface area (Å²) >= 11 is 0. The minimum atomic E-state index is -0.463. The first-order valence-electron chi connectivity index (χ1n) is 4.69. The number of nitrogens with two attached hydrogens (primary N) is 1. The lowest BCUT2D eigenvalue weighted by molar-refractivity contribution is -0.133. The Labute approximate surface area is 84.6 Å². The quantitative estimate of drug-likeness (QED) is 0.618. The van der Waals surface area contributed by atoms with Crippen molar-refractivity contribution in [2.45, 2.75) is 25.8 Å². The molecule has 0 aromatic rings. The van der Waals surface area contributed by atoms with Gasteiger partial charge in [0.1, 0.15) is 6.04 Å². The molecule has 0 heterocycles. The Kier molecular flexibility index (Phi) is 5.87. The van der Waals surface area contributed by atoms with Crippen LogP contribution in [0.3, 0.4) is 0 Å². The van der Waals surface area contributed by atoms with Crippen LogP contribution in [0.25, 0.3) is 0 Å². The van der Waals surface area contributed by atoms with Crippen molar-refractivity contribution < 1.29 is 9.59 Å². The summed E-state index contributed by atoms with van der Waals surface area (Å²) in [7, 11) is 3.32. The van der Waals surface area contributed by atoms with Crippen LogP contribution in [0.4, 0.5) is 0 Å². The number of likely N-dealkylation sites (N-methyl/N-ethyl adjacent to an activating group) is 1. The van der Waals surface area contributed by atoms with Crippen molar-refractivity contribution in [1.29, 1.82) is 0 Å². The molecule has 5 heteroatoms. The van der Waals surface area contributed by atoms with Crippen LogP contribution in [0.1, 0.15) is 19.8 Å². The fourth-order valence-corrected chi connectivity index (χ4v) is 1.03. The van der Waals surface area contributed by atoms with Gasteiger partial charge >= 0.3 is 0 Å². The second-order valence-electron chi connectivity index (χ2n) is 3.41. The summed E-state index contributed by atoms with van der Waals surface area (Å²) in [6.07, 6.45) is 1.02. The number of nitrogens with one attached hydrogen (secondary N) is 1. The van der Waals surface area contributed by atoms with Crippen molar-refractivity contribution in [2.24, 2.45) is 5.73 Å². The molecule has 0 aliphatic carbocycles. The lowest BCUT2D eigenvalue weighted by atomic mass is 10.2. The van der Waals surface area contributed by atoms with E-state index in [9.17, 15) is 9.59 Å². The van der Waals surface area contributed by atoms with Crippen LogP contribution in [-0.4, -0.2) is 43.4 Å². The molecule has 0 aliphatic rings. The molecule has 0 aromatic carbocycles. The number of rotatable bonds is 5. The molecule has 0 spiro atoms. The maximum absolute atomic E-state index is 11.3. The van der Waals surface area contributed by atoms with Crippen LogP contribution in [0, 0.1) is 0 Å². The van der Waals surface area contributed by atoms with E-state index < -0.39 is 6.04 Å². The van der Waals surface area contributed by atoms with E-state index in [1.165, 1.54) is 4.90 Å². The first-order chi connectivity index (χ1) is 6.49. The zero-order valence-electron chi connectivity index (χ0n) is 9.04. The number of amides is 2. The van der Waals surface area contributed by atoms with E-state index in [1.807, 2.05) is 0 Å². The average Bonchev–Trinajstić information content (AvgIpc) is 2.13. The van der Waals surface area contributed by atoms with E-state index in [-0.39, 0.29) is 11.8 Å². The Morgan fingerprint density at radius 3 is 2.43 bits per heavy atom. The van der Waals surface area contributed by atoms with Gasteiger partial charge < -0.3 is 16.0 Å². The molecule has 0 fully saturated rings. The summed E-state index contributed by atoms with van der Waals surface area (Å²) in [5, 5.41) is 2.61. The fourth-order valence-electron chi connectivity index (χ4n) is 1.03. The Bertz CT molecular complexity index is 204. The molecule has 1 atom stereocenters. The van der Waals surface area contributed by atoms with Crippen LogP contribution in [-0.2, 0) is 9.59 Å². The zero-order chi connectivity index (χ0) is 11.1. The molecule has 5 nitrogen and oxygen atoms in total. The number of nitrogens with zero attached hydrogens (tertiary/aromatic N) is 1. The molecule has 0 radical (unpaired) electrons. The SMILES string of the molecule is CC(NC(=O)CCCN)C(=O)N(C)C. The highest BCUT2D eigenvalue weighted by Crippen LogP contribution is 1.92. The fraction of sp³-hybridized carbons (Fsp3) is 0.778. The number of carbonyl (C=O) groups is 2. The van der Waals surface area contributed by atoms with Gasteiger partial charge in [-0.25, -0.2) is 0 Å². The number of hydrogen-bond acceptors (Lipinski definition) is 3. The van der Waals surface area contributed by atoms with Crippen molar-refractivity contribution in [3.05, 3.63) is 0 Å². The molecule has 14 heavy (non-hydrogen) atoms. The highest BCUT2D eigenvalue weighted by atomic mass is 16.2. The van der Waals surface area contributed by atoms with E-state index in [4.69, 9.17) is 5.73 Å². The van der Waals surface area contributed by atoms with E-state index in [1.54, 1.807) is 21.0 Å². The van der Waals surface area contributed by atoms with E-state index >= 15 is 0 Å². The standard InChI is InChI=1S/C9H19N3O2/c1-7(9(14)12(2)3)11-8(13)5-4-6-10/h7H,4-6,10H2,1-3H3,(H,11,13). The summed E-state index contributed by atoms with van der Waals surface area (Å²) in [6, 6.07) is -0.463. The number of carbonyl (C=O) groups excluding carboxylic acids is 2. The van der Waals surface area contributed by atoms with Gasteiger partial charge in [-0.1, -0.05) is 0 Å². The minimum Gasteiger partial charge on any atom is -0.347 e. The third-order valence-electron chi connectivity index (χ3n) is 1.80. The Morgan fingerprint density at radius 2 is 2.00 bits per heavy atom. The van der Waals surface area contributed by atoms with Gasteiger partial charge in [-0.3, -0.25) is 9.59 Å². The molecule has 0 rings (SSSR count). The van der Waals surface area contributed by atoms with Crippen LogP contribution >= 0.6 is 0 Å². The van der Waals surface area contributed by atoms with Crippen molar-refractivity contribution in [2.75, 3.05) is 20.6 Å². The van der Waals surface area contributed by atoms with Crippen molar-refractivity contribution in [3.63, 3.8) is 0 Å². The van der Waals surface area contributed by atoms with Gasteiger partial charge in [-0.15, -0.1) is 0 Å². The van der Waals surface area contributed by atoms with Gasteiger partial charge in [0.2, 0.25) is 11.8 Å². The maximum atomic E-state index is 11.3. The lowest BCUT2D eigenvalue weighted by Gasteiger charge is -2.17. The lowest BCUT2D eigenvalue weighted by Crippen LogP contribution is -2.44.